The summed E-state index contributed by atoms with van der Waals surface area (Å²) in [6, 6.07) is 28.1. The van der Waals surface area contributed by atoms with Crippen LogP contribution in [0, 0.1) is 13.8 Å². The highest BCUT2D eigenvalue weighted by molar-refractivity contribution is 7.17. The lowest BCUT2D eigenvalue weighted by Crippen LogP contribution is -2.29. The van der Waals surface area contributed by atoms with Gasteiger partial charge in [0.25, 0.3) is 5.78 Å². The minimum Gasteiger partial charge on any atom is -0.507 e. The summed E-state index contributed by atoms with van der Waals surface area (Å²) in [4.78, 5) is 46.3. The quantitative estimate of drug-likeness (QED) is 0.0601. The summed E-state index contributed by atoms with van der Waals surface area (Å²) >= 11 is 0.934. The molecule has 0 radical (unpaired) electrons. The Morgan fingerprint density at radius 3 is 2.31 bits per heavy atom. The number of Topliss-reactive ketones (excluding diaryl/α,β-unsaturated/α-hetero) is 1. The molecule has 0 aliphatic carbocycles. The second-order valence-electron chi connectivity index (χ2n) is 11.7. The van der Waals surface area contributed by atoms with Crippen LogP contribution < -0.4 is 19.1 Å². The third-order valence-corrected chi connectivity index (χ3v) is 9.56. The van der Waals surface area contributed by atoms with Crippen molar-refractivity contribution in [1.82, 2.24) is 4.98 Å². The van der Waals surface area contributed by atoms with E-state index in [4.69, 9.17) is 18.9 Å². The molecule has 260 valence electrons. The summed E-state index contributed by atoms with van der Waals surface area (Å²) in [5.74, 6) is -1.43. The van der Waals surface area contributed by atoms with Crippen LogP contribution >= 0.6 is 11.3 Å². The number of aromatic nitrogens is 1. The van der Waals surface area contributed by atoms with Crippen LogP contribution in [-0.4, -0.2) is 41.5 Å². The normalized spacial score (nSPS) is 15.1. The fraction of sp³-hybridized carbons (Fsp3) is 0.200. The number of carbonyl (C=O) groups excluding carboxylic acids is 3. The standard InChI is InChI=1S/C40H36N2O8S/c1-5-48-39(46)37-25(3)41-40(51-37)42-34(28-17-20-31(32(21-28)47-4)50-22-26-12-7-6-8-13-26)33(36(44)38(42)45)35(43)27-15-18-30(19-16-27)49-23-29-14-10-9-11-24(29)2/h6-21,34,43H,5,22-23H2,1-4H3. The van der Waals surface area contributed by atoms with E-state index in [1.165, 1.54) is 12.0 Å². The van der Waals surface area contributed by atoms with Crippen LogP contribution in [0.25, 0.3) is 5.76 Å². The number of nitrogens with zero attached hydrogens (tertiary/aromatic N) is 2. The van der Waals surface area contributed by atoms with E-state index in [2.05, 4.69) is 4.98 Å². The van der Waals surface area contributed by atoms with Gasteiger partial charge in [-0.1, -0.05) is 72.0 Å². The van der Waals surface area contributed by atoms with Gasteiger partial charge in [0, 0.05) is 5.56 Å². The van der Waals surface area contributed by atoms with Crippen LogP contribution in [-0.2, 0) is 27.5 Å². The molecule has 1 atom stereocenters. The highest BCUT2D eigenvalue weighted by atomic mass is 32.1. The summed E-state index contributed by atoms with van der Waals surface area (Å²) in [6.45, 7) is 6.13. The van der Waals surface area contributed by atoms with Gasteiger partial charge in [0.1, 0.15) is 29.6 Å². The first-order valence-corrected chi connectivity index (χ1v) is 17.1. The van der Waals surface area contributed by atoms with E-state index in [1.54, 1.807) is 56.3 Å². The zero-order chi connectivity index (χ0) is 36.1. The third kappa shape index (κ3) is 7.34. The molecule has 1 amide bonds. The number of ether oxygens (including phenoxy) is 4. The molecule has 4 aromatic carbocycles. The van der Waals surface area contributed by atoms with Gasteiger partial charge < -0.3 is 24.1 Å². The number of thiazole rings is 1. The van der Waals surface area contributed by atoms with E-state index < -0.39 is 23.7 Å². The monoisotopic (exact) mass is 704 g/mol. The zero-order valence-electron chi connectivity index (χ0n) is 28.5. The molecule has 1 aliphatic rings. The molecule has 6 rings (SSSR count). The van der Waals surface area contributed by atoms with Gasteiger partial charge >= 0.3 is 11.9 Å². The molecule has 11 heteroatoms. The molecule has 1 saturated heterocycles. The van der Waals surface area contributed by atoms with Crippen LogP contribution in [0.1, 0.15) is 56.1 Å². The topological polar surface area (TPSA) is 124 Å². The number of esters is 1. The van der Waals surface area contributed by atoms with Crippen LogP contribution in [0.15, 0.2) is 103 Å². The average Bonchev–Trinajstić information content (AvgIpc) is 3.66. The van der Waals surface area contributed by atoms with Gasteiger partial charge in [-0.05, 0) is 79.4 Å². The minimum atomic E-state index is -1.13. The lowest BCUT2D eigenvalue weighted by molar-refractivity contribution is -0.132. The van der Waals surface area contributed by atoms with Gasteiger partial charge in [-0.2, -0.15) is 0 Å². The summed E-state index contributed by atoms with van der Waals surface area (Å²) in [5, 5.41) is 11.8. The number of hydrogen-bond donors (Lipinski definition) is 1. The van der Waals surface area contributed by atoms with E-state index >= 15 is 0 Å². The van der Waals surface area contributed by atoms with Gasteiger partial charge in [0.2, 0.25) is 0 Å². The average molecular weight is 705 g/mol. The fourth-order valence-electron chi connectivity index (χ4n) is 5.72. The molecule has 5 aromatic rings. The Morgan fingerprint density at radius 2 is 1.61 bits per heavy atom. The highest BCUT2D eigenvalue weighted by Crippen LogP contribution is 2.45. The maximum atomic E-state index is 13.9. The summed E-state index contributed by atoms with van der Waals surface area (Å²) in [7, 11) is 1.49. The molecule has 10 nitrogen and oxygen atoms in total. The molecule has 0 spiro atoms. The summed E-state index contributed by atoms with van der Waals surface area (Å²) in [6.07, 6.45) is 0. The number of aliphatic hydroxyl groups excluding tert-OH is 1. The van der Waals surface area contributed by atoms with Crippen molar-refractivity contribution in [2.45, 2.75) is 40.0 Å². The van der Waals surface area contributed by atoms with E-state index in [9.17, 15) is 19.5 Å². The number of rotatable bonds is 12. The van der Waals surface area contributed by atoms with Crippen molar-refractivity contribution in [2.75, 3.05) is 18.6 Å². The molecule has 1 N–H and O–H groups in total. The van der Waals surface area contributed by atoms with E-state index in [-0.39, 0.29) is 34.6 Å². The molecule has 1 aliphatic heterocycles. The maximum Gasteiger partial charge on any atom is 0.350 e. The molecule has 0 saturated carbocycles. The Labute approximate surface area is 299 Å². The first-order valence-electron chi connectivity index (χ1n) is 16.3. The second-order valence-corrected chi connectivity index (χ2v) is 12.7. The second kappa shape index (κ2) is 15.3. The van der Waals surface area contributed by atoms with Crippen molar-refractivity contribution in [3.8, 4) is 17.2 Å². The van der Waals surface area contributed by atoms with Gasteiger partial charge in [-0.3, -0.25) is 14.5 Å². The van der Waals surface area contributed by atoms with E-state index in [1.807, 2.05) is 61.5 Å². The van der Waals surface area contributed by atoms with Crippen LogP contribution in [0.4, 0.5) is 5.13 Å². The molecule has 1 unspecified atom stereocenters. The first kappa shape index (κ1) is 34.9. The van der Waals surface area contributed by atoms with E-state index in [0.717, 1.165) is 28.0 Å². The maximum absolute atomic E-state index is 13.9. The summed E-state index contributed by atoms with van der Waals surface area (Å²) in [5.41, 5.74) is 4.05. The minimum absolute atomic E-state index is 0.102. The molecular weight excluding hydrogens is 669 g/mol. The number of anilines is 1. The van der Waals surface area contributed by atoms with Crippen molar-refractivity contribution in [2.24, 2.45) is 0 Å². The predicted molar refractivity (Wildman–Crippen MR) is 193 cm³/mol. The first-order chi connectivity index (χ1) is 24.7. The number of benzene rings is 4. The van der Waals surface area contributed by atoms with Gasteiger partial charge in [-0.25, -0.2) is 9.78 Å². The van der Waals surface area contributed by atoms with Crippen molar-refractivity contribution in [3.05, 3.63) is 141 Å². The zero-order valence-corrected chi connectivity index (χ0v) is 29.4. The highest BCUT2D eigenvalue weighted by Gasteiger charge is 2.48. The van der Waals surface area contributed by atoms with Crippen molar-refractivity contribution < 1.29 is 38.4 Å². The number of hydrogen-bond acceptors (Lipinski definition) is 10. The molecule has 1 fully saturated rings. The fourth-order valence-corrected chi connectivity index (χ4v) is 6.71. The Morgan fingerprint density at radius 1 is 0.882 bits per heavy atom. The van der Waals surface area contributed by atoms with Crippen molar-refractivity contribution >= 4 is 39.9 Å². The Balaban J connectivity index is 1.39. The molecular formula is C40H36N2O8S. The number of methoxy groups -OCH3 is 1. The number of aryl methyl sites for hydroxylation is 2. The number of ketones is 1. The lowest BCUT2D eigenvalue weighted by Gasteiger charge is -2.24. The number of amides is 1. The SMILES string of the molecule is CCOC(=O)c1sc(N2C(=O)C(=O)C(=C(O)c3ccc(OCc4ccccc4C)cc3)C2c2ccc(OCc3ccccc3)c(OC)c2)nc1C. The lowest BCUT2D eigenvalue weighted by atomic mass is 9.95. The van der Waals surface area contributed by atoms with Crippen LogP contribution in [0.2, 0.25) is 0 Å². The Hall–Kier alpha value is -5.94. The molecule has 0 bridgehead atoms. The van der Waals surface area contributed by atoms with Crippen LogP contribution in [0.3, 0.4) is 0 Å². The van der Waals surface area contributed by atoms with E-state index in [0.29, 0.717) is 40.7 Å². The van der Waals surface area contributed by atoms with Gasteiger partial charge in [-0.15, -0.1) is 0 Å². The van der Waals surface area contributed by atoms with Gasteiger partial charge in [0.15, 0.2) is 16.6 Å². The number of carbonyl (C=O) groups is 3. The smallest absolute Gasteiger partial charge is 0.350 e. The third-order valence-electron chi connectivity index (χ3n) is 8.42. The van der Waals surface area contributed by atoms with Crippen LogP contribution in [0.5, 0.6) is 17.2 Å². The Bertz CT molecular complexity index is 2110. The largest absolute Gasteiger partial charge is 0.507 e. The van der Waals surface area contributed by atoms with Gasteiger partial charge in [0.05, 0.1) is 31.0 Å². The molecule has 1 aromatic heterocycles. The van der Waals surface area contributed by atoms with Crippen molar-refractivity contribution in [3.63, 3.8) is 0 Å². The Kier molecular flexibility index (Phi) is 10.5. The molecule has 2 heterocycles. The van der Waals surface area contributed by atoms with Crippen molar-refractivity contribution in [1.29, 1.82) is 0 Å². The number of aliphatic hydroxyl groups is 1. The molecule has 51 heavy (non-hydrogen) atoms. The summed E-state index contributed by atoms with van der Waals surface area (Å²) < 4.78 is 22.9. The predicted octanol–water partition coefficient (Wildman–Crippen LogP) is 7.73.